The van der Waals surface area contributed by atoms with E-state index in [2.05, 4.69) is 5.32 Å². The SMILES string of the molecule is CCOC(=O)CC(C)NC(=O)c1ccc(C)cc1. The first kappa shape index (κ1) is 14.2. The highest BCUT2D eigenvalue weighted by Crippen LogP contribution is 2.04. The number of amides is 1. The molecule has 0 fully saturated rings. The molecule has 98 valence electrons. The van der Waals surface area contributed by atoms with Crippen molar-refractivity contribution < 1.29 is 14.3 Å². The monoisotopic (exact) mass is 249 g/mol. The first-order chi connectivity index (χ1) is 8.52. The van der Waals surface area contributed by atoms with Crippen molar-refractivity contribution >= 4 is 11.9 Å². The van der Waals surface area contributed by atoms with Crippen LogP contribution in [-0.2, 0) is 9.53 Å². The number of hydrogen-bond acceptors (Lipinski definition) is 3. The lowest BCUT2D eigenvalue weighted by Gasteiger charge is -2.13. The normalized spacial score (nSPS) is 11.7. The Labute approximate surface area is 107 Å². The third kappa shape index (κ3) is 4.57. The molecule has 1 amide bonds. The van der Waals surface area contributed by atoms with Gasteiger partial charge in [0.1, 0.15) is 0 Å². The predicted molar refractivity (Wildman–Crippen MR) is 69.4 cm³/mol. The van der Waals surface area contributed by atoms with Crippen molar-refractivity contribution in [2.24, 2.45) is 0 Å². The van der Waals surface area contributed by atoms with Crippen molar-refractivity contribution in [2.75, 3.05) is 6.61 Å². The number of carbonyl (C=O) groups excluding carboxylic acids is 2. The molecule has 1 aromatic carbocycles. The van der Waals surface area contributed by atoms with E-state index in [1.54, 1.807) is 26.0 Å². The number of esters is 1. The van der Waals surface area contributed by atoms with E-state index in [9.17, 15) is 9.59 Å². The molecule has 18 heavy (non-hydrogen) atoms. The first-order valence-corrected chi connectivity index (χ1v) is 6.06. The van der Waals surface area contributed by atoms with Crippen LogP contribution >= 0.6 is 0 Å². The molecule has 0 aromatic heterocycles. The van der Waals surface area contributed by atoms with Crippen molar-refractivity contribution in [2.45, 2.75) is 33.2 Å². The van der Waals surface area contributed by atoms with Crippen molar-refractivity contribution in [3.63, 3.8) is 0 Å². The molecule has 1 N–H and O–H groups in total. The van der Waals surface area contributed by atoms with Crippen LogP contribution in [0.1, 0.15) is 36.2 Å². The fraction of sp³-hybridized carbons (Fsp3) is 0.429. The van der Waals surface area contributed by atoms with Crippen LogP contribution in [0.15, 0.2) is 24.3 Å². The number of nitrogens with one attached hydrogen (secondary N) is 1. The summed E-state index contributed by atoms with van der Waals surface area (Å²) < 4.78 is 4.83. The number of aryl methyl sites for hydroxylation is 1. The number of ether oxygens (including phenoxy) is 1. The van der Waals surface area contributed by atoms with E-state index >= 15 is 0 Å². The van der Waals surface area contributed by atoms with Gasteiger partial charge in [-0.2, -0.15) is 0 Å². The highest BCUT2D eigenvalue weighted by Gasteiger charge is 2.13. The lowest BCUT2D eigenvalue weighted by molar-refractivity contribution is -0.143. The summed E-state index contributed by atoms with van der Waals surface area (Å²) in [5.41, 5.74) is 1.70. The fourth-order valence-electron chi connectivity index (χ4n) is 1.53. The molecule has 0 saturated heterocycles. The quantitative estimate of drug-likeness (QED) is 0.813. The molecule has 0 radical (unpaired) electrons. The zero-order valence-corrected chi connectivity index (χ0v) is 11.0. The molecule has 0 heterocycles. The molecule has 0 spiro atoms. The van der Waals surface area contributed by atoms with Gasteiger partial charge in [0.15, 0.2) is 0 Å². The van der Waals surface area contributed by atoms with Gasteiger partial charge in [-0.1, -0.05) is 17.7 Å². The van der Waals surface area contributed by atoms with Crippen molar-refractivity contribution in [3.05, 3.63) is 35.4 Å². The van der Waals surface area contributed by atoms with E-state index < -0.39 is 0 Å². The maximum atomic E-state index is 11.8. The lowest BCUT2D eigenvalue weighted by atomic mass is 10.1. The molecule has 0 bridgehead atoms. The molecule has 4 heteroatoms. The zero-order valence-electron chi connectivity index (χ0n) is 11.0. The number of rotatable bonds is 5. The fourth-order valence-corrected chi connectivity index (χ4v) is 1.53. The molecular formula is C14H19NO3. The van der Waals surface area contributed by atoms with Gasteiger partial charge >= 0.3 is 5.97 Å². The topological polar surface area (TPSA) is 55.4 Å². The summed E-state index contributed by atoms with van der Waals surface area (Å²) in [5.74, 6) is -0.471. The Hall–Kier alpha value is -1.84. The number of hydrogen-bond donors (Lipinski definition) is 1. The van der Waals surface area contributed by atoms with Crippen LogP contribution in [0.25, 0.3) is 0 Å². The Morgan fingerprint density at radius 1 is 1.28 bits per heavy atom. The largest absolute Gasteiger partial charge is 0.466 e. The third-order valence-electron chi connectivity index (χ3n) is 2.47. The van der Waals surface area contributed by atoms with Crippen molar-refractivity contribution in [3.8, 4) is 0 Å². The van der Waals surface area contributed by atoms with Crippen molar-refractivity contribution in [1.82, 2.24) is 5.32 Å². The Bertz CT molecular complexity index is 412. The molecule has 0 saturated carbocycles. The van der Waals surface area contributed by atoms with Crippen LogP contribution in [-0.4, -0.2) is 24.5 Å². The first-order valence-electron chi connectivity index (χ1n) is 6.06. The van der Waals surface area contributed by atoms with Gasteiger partial charge in [0.25, 0.3) is 5.91 Å². The minimum absolute atomic E-state index is 0.174. The lowest BCUT2D eigenvalue weighted by Crippen LogP contribution is -2.34. The van der Waals surface area contributed by atoms with Gasteiger partial charge in [0, 0.05) is 11.6 Å². The molecule has 4 nitrogen and oxygen atoms in total. The second kappa shape index (κ2) is 6.79. The molecule has 1 unspecified atom stereocenters. The molecule has 1 aromatic rings. The molecule has 0 aliphatic heterocycles. The van der Waals surface area contributed by atoms with E-state index in [1.807, 2.05) is 19.1 Å². The highest BCUT2D eigenvalue weighted by molar-refractivity contribution is 5.94. The van der Waals surface area contributed by atoms with Gasteiger partial charge in [-0.3, -0.25) is 9.59 Å². The minimum atomic E-state index is -0.297. The summed E-state index contributed by atoms with van der Waals surface area (Å²) in [4.78, 5) is 23.1. The molecular weight excluding hydrogens is 230 g/mol. The highest BCUT2D eigenvalue weighted by atomic mass is 16.5. The van der Waals surface area contributed by atoms with E-state index in [0.29, 0.717) is 12.2 Å². The Balaban J connectivity index is 2.49. The van der Waals surface area contributed by atoms with Gasteiger partial charge in [0.05, 0.1) is 13.0 Å². The summed E-state index contributed by atoms with van der Waals surface area (Å²) in [6.45, 7) is 5.86. The number of carbonyl (C=O) groups is 2. The third-order valence-corrected chi connectivity index (χ3v) is 2.47. The maximum Gasteiger partial charge on any atom is 0.307 e. The summed E-state index contributed by atoms with van der Waals surface area (Å²) in [5, 5.41) is 2.77. The van der Waals surface area contributed by atoms with E-state index in [4.69, 9.17) is 4.74 Å². The van der Waals surface area contributed by atoms with Gasteiger partial charge < -0.3 is 10.1 Å². The van der Waals surface area contributed by atoms with E-state index in [-0.39, 0.29) is 24.3 Å². The summed E-state index contributed by atoms with van der Waals surface area (Å²) in [7, 11) is 0. The van der Waals surface area contributed by atoms with Crippen LogP contribution in [0.3, 0.4) is 0 Å². The van der Waals surface area contributed by atoms with Crippen LogP contribution in [0, 0.1) is 6.92 Å². The molecule has 0 aliphatic rings. The predicted octanol–water partition coefficient (Wildman–Crippen LogP) is 2.07. The van der Waals surface area contributed by atoms with Crippen LogP contribution in [0.5, 0.6) is 0 Å². The average molecular weight is 249 g/mol. The standard InChI is InChI=1S/C14H19NO3/c1-4-18-13(16)9-11(3)15-14(17)12-7-5-10(2)6-8-12/h5-8,11H,4,9H2,1-3H3,(H,15,17). The maximum absolute atomic E-state index is 11.8. The second-order valence-electron chi connectivity index (χ2n) is 4.25. The Morgan fingerprint density at radius 3 is 2.44 bits per heavy atom. The van der Waals surface area contributed by atoms with Gasteiger partial charge in [-0.05, 0) is 32.9 Å². The Kier molecular flexibility index (Phi) is 5.36. The van der Waals surface area contributed by atoms with E-state index in [0.717, 1.165) is 5.56 Å². The Morgan fingerprint density at radius 2 is 1.89 bits per heavy atom. The molecule has 0 aliphatic carbocycles. The summed E-state index contributed by atoms with van der Waals surface area (Å²) in [6.07, 6.45) is 0.186. The molecule has 1 atom stereocenters. The smallest absolute Gasteiger partial charge is 0.307 e. The van der Waals surface area contributed by atoms with Crippen molar-refractivity contribution in [1.29, 1.82) is 0 Å². The van der Waals surface area contributed by atoms with Crippen LogP contribution in [0.2, 0.25) is 0 Å². The van der Waals surface area contributed by atoms with E-state index in [1.165, 1.54) is 0 Å². The minimum Gasteiger partial charge on any atom is -0.466 e. The second-order valence-corrected chi connectivity index (χ2v) is 4.25. The van der Waals surface area contributed by atoms with Crippen LogP contribution < -0.4 is 5.32 Å². The van der Waals surface area contributed by atoms with Gasteiger partial charge in [-0.15, -0.1) is 0 Å². The van der Waals surface area contributed by atoms with Gasteiger partial charge in [-0.25, -0.2) is 0 Å². The number of benzene rings is 1. The van der Waals surface area contributed by atoms with Gasteiger partial charge in [0.2, 0.25) is 0 Å². The summed E-state index contributed by atoms with van der Waals surface area (Å²) in [6, 6.07) is 7.05. The average Bonchev–Trinajstić information content (AvgIpc) is 2.29. The molecule has 1 rings (SSSR count). The summed E-state index contributed by atoms with van der Waals surface area (Å²) >= 11 is 0. The zero-order chi connectivity index (χ0) is 13.5. The van der Waals surface area contributed by atoms with Crippen LogP contribution in [0.4, 0.5) is 0 Å².